The number of esters is 1. The fraction of sp³-hybridized carbons (Fsp3) is 0.278. The van der Waals surface area contributed by atoms with Crippen molar-refractivity contribution in [1.29, 1.82) is 0 Å². The minimum Gasteiger partial charge on any atom is -0.466 e. The van der Waals surface area contributed by atoms with Gasteiger partial charge in [-0.25, -0.2) is 14.2 Å². The predicted molar refractivity (Wildman–Crippen MR) is 94.6 cm³/mol. The lowest BCUT2D eigenvalue weighted by molar-refractivity contribution is -0.136. The Hall–Kier alpha value is -3.20. The molecular formula is C18H19FN4O4. The molecule has 8 nitrogen and oxygen atoms in total. The minimum atomic E-state index is -0.664. The lowest BCUT2D eigenvalue weighted by Gasteiger charge is -2.17. The predicted octanol–water partition coefficient (Wildman–Crippen LogP) is 0.993. The number of nitrogens with zero attached hydrogens (tertiary/aromatic N) is 3. The summed E-state index contributed by atoms with van der Waals surface area (Å²) in [5.74, 6) is -0.964. The molecular weight excluding hydrogens is 355 g/mol. The van der Waals surface area contributed by atoms with Gasteiger partial charge in [0.25, 0.3) is 5.91 Å². The Balaban J connectivity index is 2.04. The van der Waals surface area contributed by atoms with Crippen LogP contribution < -0.4 is 5.32 Å². The van der Waals surface area contributed by atoms with Gasteiger partial charge in [-0.05, 0) is 25.1 Å². The molecule has 0 aliphatic carbocycles. The second-order valence-electron chi connectivity index (χ2n) is 5.93. The molecule has 27 heavy (non-hydrogen) atoms. The topological polar surface area (TPSA) is 96.7 Å². The Bertz CT molecular complexity index is 922. The van der Waals surface area contributed by atoms with Crippen LogP contribution in [0.1, 0.15) is 5.82 Å². The number of aliphatic hydroxyl groups is 1. The van der Waals surface area contributed by atoms with Crippen LogP contribution in [0.2, 0.25) is 0 Å². The molecule has 0 fully saturated rings. The number of methoxy groups -OCH3 is 1. The molecule has 3 rings (SSSR count). The minimum absolute atomic E-state index is 0.0000756. The van der Waals surface area contributed by atoms with Crippen LogP contribution in [0, 0.1) is 12.7 Å². The van der Waals surface area contributed by atoms with E-state index in [-0.39, 0.29) is 31.0 Å². The standard InChI is InChI=1S/C18H19FN4O4/c1-11-20-5-6-23(11)15-4-3-12(19)9-14(15)21-16-13(18(26)27-2)10-22(7-8-24)17(16)25/h3-6,9,21,24H,7-8,10H2,1-2H3. The smallest absolute Gasteiger partial charge is 0.337 e. The van der Waals surface area contributed by atoms with Gasteiger partial charge in [0.15, 0.2) is 0 Å². The third kappa shape index (κ3) is 3.54. The highest BCUT2D eigenvalue weighted by Gasteiger charge is 2.34. The van der Waals surface area contributed by atoms with E-state index in [0.717, 1.165) is 0 Å². The van der Waals surface area contributed by atoms with E-state index in [4.69, 9.17) is 9.84 Å². The Morgan fingerprint density at radius 2 is 2.22 bits per heavy atom. The quantitative estimate of drug-likeness (QED) is 0.732. The van der Waals surface area contributed by atoms with E-state index in [0.29, 0.717) is 17.2 Å². The SMILES string of the molecule is COC(=O)C1=C(Nc2cc(F)ccc2-n2ccnc2C)C(=O)N(CCO)C1. The van der Waals surface area contributed by atoms with Gasteiger partial charge < -0.3 is 24.6 Å². The van der Waals surface area contributed by atoms with Crippen molar-refractivity contribution >= 4 is 17.6 Å². The average molecular weight is 374 g/mol. The molecule has 0 saturated heterocycles. The van der Waals surface area contributed by atoms with Gasteiger partial charge in [0.05, 0.1) is 37.2 Å². The summed E-state index contributed by atoms with van der Waals surface area (Å²) in [4.78, 5) is 30.2. The first-order chi connectivity index (χ1) is 13.0. The number of rotatable bonds is 6. The molecule has 9 heteroatoms. The maximum absolute atomic E-state index is 13.9. The maximum Gasteiger partial charge on any atom is 0.337 e. The molecule has 142 valence electrons. The molecule has 0 unspecified atom stereocenters. The van der Waals surface area contributed by atoms with Gasteiger partial charge in [0, 0.05) is 18.9 Å². The maximum atomic E-state index is 13.9. The van der Waals surface area contributed by atoms with E-state index < -0.39 is 17.7 Å². The summed E-state index contributed by atoms with van der Waals surface area (Å²) >= 11 is 0. The van der Waals surface area contributed by atoms with E-state index >= 15 is 0 Å². The third-order valence-corrected chi connectivity index (χ3v) is 4.26. The number of imidazole rings is 1. The van der Waals surface area contributed by atoms with Crippen molar-refractivity contribution in [3.05, 3.63) is 53.5 Å². The highest BCUT2D eigenvalue weighted by molar-refractivity contribution is 6.08. The first-order valence-corrected chi connectivity index (χ1v) is 8.24. The Morgan fingerprint density at radius 3 is 2.85 bits per heavy atom. The summed E-state index contributed by atoms with van der Waals surface area (Å²) in [6.07, 6.45) is 3.31. The van der Waals surface area contributed by atoms with Gasteiger partial charge >= 0.3 is 5.97 Å². The third-order valence-electron chi connectivity index (χ3n) is 4.26. The molecule has 0 bridgehead atoms. The van der Waals surface area contributed by atoms with Crippen LogP contribution in [-0.4, -0.2) is 58.2 Å². The molecule has 2 aromatic rings. The van der Waals surface area contributed by atoms with Crippen LogP contribution >= 0.6 is 0 Å². The normalized spacial score (nSPS) is 14.1. The number of carbonyl (C=O) groups is 2. The molecule has 1 aliphatic rings. The second-order valence-corrected chi connectivity index (χ2v) is 5.93. The molecule has 1 aromatic heterocycles. The lowest BCUT2D eigenvalue weighted by Crippen LogP contribution is -2.31. The molecule has 2 heterocycles. The number of hydrogen-bond donors (Lipinski definition) is 2. The zero-order valence-corrected chi connectivity index (χ0v) is 14.9. The number of hydrogen-bond acceptors (Lipinski definition) is 6. The molecule has 1 amide bonds. The fourth-order valence-corrected chi connectivity index (χ4v) is 2.93. The Morgan fingerprint density at radius 1 is 1.44 bits per heavy atom. The van der Waals surface area contributed by atoms with Crippen molar-refractivity contribution in [3.63, 3.8) is 0 Å². The monoisotopic (exact) mass is 374 g/mol. The summed E-state index contributed by atoms with van der Waals surface area (Å²) in [6, 6.07) is 4.08. The van der Waals surface area contributed by atoms with Crippen molar-refractivity contribution in [3.8, 4) is 5.69 Å². The molecule has 0 saturated carbocycles. The van der Waals surface area contributed by atoms with Gasteiger partial charge in [-0.3, -0.25) is 4.79 Å². The number of aromatic nitrogens is 2. The van der Waals surface area contributed by atoms with E-state index in [1.165, 1.54) is 24.1 Å². The van der Waals surface area contributed by atoms with Crippen LogP contribution in [0.4, 0.5) is 10.1 Å². The van der Waals surface area contributed by atoms with Crippen LogP contribution in [0.15, 0.2) is 41.9 Å². The highest BCUT2D eigenvalue weighted by atomic mass is 19.1. The molecule has 2 N–H and O–H groups in total. The van der Waals surface area contributed by atoms with E-state index in [2.05, 4.69) is 10.3 Å². The average Bonchev–Trinajstić information content (AvgIpc) is 3.20. The summed E-state index contributed by atoms with van der Waals surface area (Å²) < 4.78 is 20.4. The zero-order chi connectivity index (χ0) is 19.6. The molecule has 1 aromatic carbocycles. The number of carbonyl (C=O) groups excluding carboxylic acids is 2. The number of β-amino-alcohol motifs (C(OH)–C–C–N with tert-alkyl or cyclic N) is 1. The van der Waals surface area contributed by atoms with Crippen molar-refractivity contribution in [1.82, 2.24) is 14.5 Å². The van der Waals surface area contributed by atoms with Gasteiger partial charge in [-0.15, -0.1) is 0 Å². The van der Waals surface area contributed by atoms with Crippen molar-refractivity contribution in [2.45, 2.75) is 6.92 Å². The number of ether oxygens (including phenoxy) is 1. The summed E-state index contributed by atoms with van der Waals surface area (Å²) in [7, 11) is 1.22. The molecule has 0 radical (unpaired) electrons. The van der Waals surface area contributed by atoms with Crippen LogP contribution in [0.3, 0.4) is 0 Å². The number of aryl methyl sites for hydroxylation is 1. The van der Waals surface area contributed by atoms with Gasteiger partial charge in [-0.1, -0.05) is 0 Å². The number of aliphatic hydroxyl groups excluding tert-OH is 1. The largest absolute Gasteiger partial charge is 0.466 e. The number of amides is 1. The number of anilines is 1. The van der Waals surface area contributed by atoms with Gasteiger partial charge in [0.2, 0.25) is 0 Å². The van der Waals surface area contributed by atoms with Crippen LogP contribution in [0.5, 0.6) is 0 Å². The number of halogens is 1. The lowest BCUT2D eigenvalue weighted by atomic mass is 10.2. The number of benzene rings is 1. The summed E-state index contributed by atoms with van der Waals surface area (Å²) in [6.45, 7) is 1.62. The Kier molecular flexibility index (Phi) is 5.22. The van der Waals surface area contributed by atoms with Gasteiger partial charge in [0.1, 0.15) is 17.3 Å². The highest BCUT2D eigenvalue weighted by Crippen LogP contribution is 2.28. The molecule has 0 atom stereocenters. The fourth-order valence-electron chi connectivity index (χ4n) is 2.93. The second kappa shape index (κ2) is 7.58. The van der Waals surface area contributed by atoms with E-state index in [1.54, 1.807) is 30.0 Å². The van der Waals surface area contributed by atoms with Crippen molar-refractivity contribution in [2.75, 3.05) is 32.1 Å². The van der Waals surface area contributed by atoms with Gasteiger partial charge in [-0.2, -0.15) is 0 Å². The summed E-state index contributed by atoms with van der Waals surface area (Å²) in [5.41, 5.74) is 0.983. The first-order valence-electron chi connectivity index (χ1n) is 8.24. The molecule has 0 spiro atoms. The van der Waals surface area contributed by atoms with E-state index in [1.807, 2.05) is 0 Å². The zero-order valence-electron chi connectivity index (χ0n) is 14.9. The Labute approximate surface area is 154 Å². The number of nitrogens with one attached hydrogen (secondary N) is 1. The first kappa shape index (κ1) is 18.6. The van der Waals surface area contributed by atoms with Crippen LogP contribution in [-0.2, 0) is 14.3 Å². The van der Waals surface area contributed by atoms with Crippen molar-refractivity contribution < 1.29 is 23.8 Å². The van der Waals surface area contributed by atoms with Crippen molar-refractivity contribution in [2.24, 2.45) is 0 Å². The summed E-state index contributed by atoms with van der Waals surface area (Å²) in [5, 5.41) is 12.0. The molecule has 1 aliphatic heterocycles. The van der Waals surface area contributed by atoms with Crippen LogP contribution in [0.25, 0.3) is 5.69 Å². The van der Waals surface area contributed by atoms with E-state index in [9.17, 15) is 14.0 Å².